The molecule has 1 saturated heterocycles. The zero-order valence-electron chi connectivity index (χ0n) is 22.3. The number of hydrogen-bond donors (Lipinski definition) is 2. The van der Waals surface area contributed by atoms with Gasteiger partial charge in [-0.25, -0.2) is 13.5 Å². The molecular weight excluding hydrogens is 524 g/mol. The maximum atomic E-state index is 14.7. The average Bonchev–Trinajstić information content (AvgIpc) is 3.62. The van der Waals surface area contributed by atoms with Gasteiger partial charge in [0.25, 0.3) is 5.91 Å². The largest absolute Gasteiger partial charge is 0.377 e. The van der Waals surface area contributed by atoms with Crippen LogP contribution in [0.2, 0.25) is 0 Å². The van der Waals surface area contributed by atoms with Crippen LogP contribution in [0.5, 0.6) is 0 Å². The van der Waals surface area contributed by atoms with Crippen molar-refractivity contribution >= 4 is 39.9 Å². The number of rotatable bonds is 7. The van der Waals surface area contributed by atoms with Crippen LogP contribution in [-0.4, -0.2) is 72.9 Å². The summed E-state index contributed by atoms with van der Waals surface area (Å²) in [6.07, 6.45) is 4.30. The monoisotopic (exact) mass is 555 g/mol. The van der Waals surface area contributed by atoms with E-state index in [0.717, 1.165) is 6.54 Å². The fourth-order valence-corrected chi connectivity index (χ4v) is 5.25. The third-order valence-electron chi connectivity index (χ3n) is 6.63. The molecule has 1 aliphatic heterocycles. The summed E-state index contributed by atoms with van der Waals surface area (Å²) in [6.45, 7) is 11.1. The zero-order chi connectivity index (χ0) is 27.9. The van der Waals surface area contributed by atoms with Crippen molar-refractivity contribution < 1.29 is 13.6 Å². The van der Waals surface area contributed by atoms with Gasteiger partial charge in [-0.1, -0.05) is 17.9 Å². The van der Waals surface area contributed by atoms with Crippen molar-refractivity contribution in [3.8, 4) is 5.13 Å². The molecule has 206 valence electrons. The van der Waals surface area contributed by atoms with Gasteiger partial charge >= 0.3 is 0 Å². The molecule has 1 aliphatic rings. The Morgan fingerprint density at radius 2 is 2.10 bits per heavy atom. The Hall–Kier alpha value is -3.71. The van der Waals surface area contributed by atoms with Crippen molar-refractivity contribution in [2.24, 2.45) is 0 Å². The first kappa shape index (κ1) is 26.9. The van der Waals surface area contributed by atoms with E-state index in [4.69, 9.17) is 0 Å². The highest BCUT2D eigenvalue weighted by molar-refractivity contribution is 7.13. The van der Waals surface area contributed by atoms with Crippen LogP contribution in [0, 0.1) is 5.82 Å². The highest BCUT2D eigenvalue weighted by atomic mass is 32.1. The van der Waals surface area contributed by atoms with Crippen LogP contribution in [0.25, 0.3) is 22.1 Å². The van der Waals surface area contributed by atoms with E-state index in [2.05, 4.69) is 37.6 Å². The molecule has 0 aliphatic carbocycles. The summed E-state index contributed by atoms with van der Waals surface area (Å²) in [5, 5.41) is 24.9. The first-order chi connectivity index (χ1) is 18.5. The van der Waals surface area contributed by atoms with Crippen LogP contribution in [0.1, 0.15) is 48.3 Å². The van der Waals surface area contributed by atoms with Crippen molar-refractivity contribution in [2.45, 2.75) is 51.5 Å². The lowest BCUT2D eigenvalue weighted by molar-refractivity contribution is 0.0950. The van der Waals surface area contributed by atoms with Gasteiger partial charge in [0.2, 0.25) is 5.13 Å². The van der Waals surface area contributed by atoms with E-state index in [0.29, 0.717) is 51.0 Å². The molecule has 0 bridgehead atoms. The molecule has 13 heteroatoms. The number of aromatic nitrogens is 6. The fourth-order valence-electron chi connectivity index (χ4n) is 4.51. The number of alkyl halides is 1. The SMILES string of the molecule is C=Cc1c2cc(F)cc(N[C@@H]3CCN(C)C[C@@H]3F)c2nn1-c1nnc(CNC(=O)c2cnn(C(C)(C)C)c2)s1. The quantitative estimate of drug-likeness (QED) is 0.355. The third-order valence-corrected chi connectivity index (χ3v) is 7.53. The van der Waals surface area contributed by atoms with Crippen LogP contribution < -0.4 is 10.6 Å². The molecule has 0 saturated carbocycles. The Morgan fingerprint density at radius 1 is 1.31 bits per heavy atom. The normalized spacial score (nSPS) is 18.4. The molecule has 10 nitrogen and oxygen atoms in total. The second-order valence-corrected chi connectivity index (χ2v) is 11.7. The molecule has 2 N–H and O–H groups in total. The van der Waals surface area contributed by atoms with E-state index in [1.807, 2.05) is 32.7 Å². The molecule has 0 radical (unpaired) electrons. The van der Waals surface area contributed by atoms with E-state index in [-0.39, 0.29) is 18.0 Å². The lowest BCUT2D eigenvalue weighted by Gasteiger charge is -2.33. The van der Waals surface area contributed by atoms with Gasteiger partial charge in [-0.3, -0.25) is 9.48 Å². The summed E-state index contributed by atoms with van der Waals surface area (Å²) in [4.78, 5) is 14.5. The van der Waals surface area contributed by atoms with Gasteiger partial charge in [-0.05, 0) is 52.4 Å². The number of carbonyl (C=O) groups is 1. The van der Waals surface area contributed by atoms with Crippen LogP contribution in [-0.2, 0) is 12.1 Å². The Kier molecular flexibility index (Phi) is 7.21. The second kappa shape index (κ2) is 10.5. The number of likely N-dealkylation sites (tertiary alicyclic amines) is 1. The average molecular weight is 556 g/mol. The first-order valence-corrected chi connectivity index (χ1v) is 13.4. The van der Waals surface area contributed by atoms with E-state index < -0.39 is 18.0 Å². The van der Waals surface area contributed by atoms with Gasteiger partial charge < -0.3 is 15.5 Å². The number of piperidine rings is 1. The number of halogens is 2. The smallest absolute Gasteiger partial charge is 0.254 e. The molecular formula is C26H31F2N9OS. The van der Waals surface area contributed by atoms with Gasteiger partial charge in [0.15, 0.2) is 0 Å². The molecule has 2 atom stereocenters. The maximum absolute atomic E-state index is 14.7. The highest BCUT2D eigenvalue weighted by Gasteiger charge is 2.29. The Bertz CT molecular complexity index is 1520. The topological polar surface area (TPSA) is 106 Å². The number of anilines is 1. The predicted octanol–water partition coefficient (Wildman–Crippen LogP) is 3.99. The van der Waals surface area contributed by atoms with Gasteiger partial charge in [0.05, 0.1) is 41.3 Å². The van der Waals surface area contributed by atoms with E-state index in [9.17, 15) is 13.6 Å². The lowest BCUT2D eigenvalue weighted by Crippen LogP contribution is -2.46. The molecule has 5 rings (SSSR count). The summed E-state index contributed by atoms with van der Waals surface area (Å²) >= 11 is 1.24. The van der Waals surface area contributed by atoms with Gasteiger partial charge in [-0.2, -0.15) is 10.2 Å². The van der Waals surface area contributed by atoms with E-state index in [1.165, 1.54) is 29.7 Å². The number of nitrogens with zero attached hydrogens (tertiary/aromatic N) is 7. The molecule has 4 aromatic rings. The van der Waals surface area contributed by atoms with Crippen molar-refractivity contribution in [2.75, 3.05) is 25.5 Å². The summed E-state index contributed by atoms with van der Waals surface area (Å²) in [6, 6.07) is 2.26. The molecule has 0 spiro atoms. The number of carbonyl (C=O) groups excluding carboxylic acids is 1. The third kappa shape index (κ3) is 5.55. The predicted molar refractivity (Wildman–Crippen MR) is 147 cm³/mol. The van der Waals surface area contributed by atoms with E-state index in [1.54, 1.807) is 21.6 Å². The minimum Gasteiger partial charge on any atom is -0.377 e. The molecule has 1 amide bonds. The number of amides is 1. The lowest BCUT2D eigenvalue weighted by atomic mass is 10.0. The van der Waals surface area contributed by atoms with Crippen LogP contribution >= 0.6 is 11.3 Å². The molecule has 1 fully saturated rings. The number of fused-ring (bicyclic) bond motifs is 1. The summed E-state index contributed by atoms with van der Waals surface area (Å²) in [7, 11) is 1.88. The summed E-state index contributed by atoms with van der Waals surface area (Å²) < 4.78 is 32.6. The molecule has 3 aromatic heterocycles. The highest BCUT2D eigenvalue weighted by Crippen LogP contribution is 2.32. The summed E-state index contributed by atoms with van der Waals surface area (Å²) in [5.74, 6) is -0.739. The number of hydrogen-bond acceptors (Lipinski definition) is 8. The Balaban J connectivity index is 1.37. The summed E-state index contributed by atoms with van der Waals surface area (Å²) in [5.41, 5.74) is 1.65. The fraction of sp³-hybridized carbons (Fsp3) is 0.423. The van der Waals surface area contributed by atoms with Crippen molar-refractivity contribution in [3.05, 3.63) is 53.2 Å². The minimum absolute atomic E-state index is 0.164. The first-order valence-electron chi connectivity index (χ1n) is 12.6. The van der Waals surface area contributed by atoms with E-state index >= 15 is 0 Å². The number of nitrogens with one attached hydrogen (secondary N) is 2. The van der Waals surface area contributed by atoms with Gasteiger partial charge in [0.1, 0.15) is 22.5 Å². The maximum Gasteiger partial charge on any atom is 0.254 e. The number of benzene rings is 1. The van der Waals surface area contributed by atoms with Crippen LogP contribution in [0.4, 0.5) is 14.5 Å². The molecule has 4 heterocycles. The van der Waals surface area contributed by atoms with Crippen molar-refractivity contribution in [3.63, 3.8) is 0 Å². The molecule has 0 unspecified atom stereocenters. The molecule has 1 aromatic carbocycles. The zero-order valence-corrected chi connectivity index (χ0v) is 23.1. The second-order valence-electron chi connectivity index (χ2n) is 10.7. The van der Waals surface area contributed by atoms with Crippen molar-refractivity contribution in [1.82, 2.24) is 40.0 Å². The minimum atomic E-state index is -1.09. The molecule has 39 heavy (non-hydrogen) atoms. The van der Waals surface area contributed by atoms with Gasteiger partial charge in [0, 0.05) is 24.7 Å². The van der Waals surface area contributed by atoms with Crippen LogP contribution in [0.15, 0.2) is 31.1 Å². The Labute approximate surface area is 228 Å². The standard InChI is InChI=1S/C26H31F2N9OS/c1-6-21-17-9-16(27)10-20(31-19-7-8-35(5)14-18(19)28)23(17)34-37(21)25-33-32-22(39-25)12-29-24(38)15-11-30-36(13-15)26(2,3)4/h6,9-11,13,18-19,31H,1,7-8,12,14H2,2-5H3,(H,29,38)/t18-,19+/m0/s1. The van der Waals surface area contributed by atoms with Crippen molar-refractivity contribution in [1.29, 1.82) is 0 Å². The van der Waals surface area contributed by atoms with Crippen LogP contribution in [0.3, 0.4) is 0 Å². The van der Waals surface area contributed by atoms with Gasteiger partial charge in [-0.15, -0.1) is 10.2 Å². The Morgan fingerprint density at radius 3 is 2.79 bits per heavy atom.